The van der Waals surface area contributed by atoms with Crippen LogP contribution in [-0.2, 0) is 6.54 Å². The zero-order valence-corrected chi connectivity index (χ0v) is 14.9. The van der Waals surface area contributed by atoms with Gasteiger partial charge < -0.3 is 14.5 Å². The molecular weight excluding hydrogens is 333 g/mol. The van der Waals surface area contributed by atoms with Crippen molar-refractivity contribution >= 4 is 11.6 Å². The van der Waals surface area contributed by atoms with E-state index in [1.54, 1.807) is 48.0 Å². The third kappa shape index (κ3) is 3.18. The van der Waals surface area contributed by atoms with Gasteiger partial charge in [-0.2, -0.15) is 0 Å². The number of rotatable bonds is 4. The van der Waals surface area contributed by atoms with Gasteiger partial charge in [0, 0.05) is 30.2 Å². The average molecular weight is 353 g/mol. The highest BCUT2D eigenvalue weighted by molar-refractivity contribution is 6.05. The Morgan fingerprint density at radius 2 is 1.88 bits per heavy atom. The average Bonchev–Trinajstić information content (AvgIpc) is 2.92. The van der Waals surface area contributed by atoms with Crippen LogP contribution in [0.25, 0.3) is 5.69 Å². The predicted molar refractivity (Wildman–Crippen MR) is 99.5 cm³/mol. The Kier molecular flexibility index (Phi) is 4.75. The van der Waals surface area contributed by atoms with Gasteiger partial charge in [-0.25, -0.2) is 4.39 Å². The smallest absolute Gasteiger partial charge is 0.257 e. The Bertz CT molecular complexity index is 1030. The standard InChI is InChI=1S/C20H20FN3O2/c1-4-23-12-15(9-10-19(23)25)22-20(26)16-11-13(2)24(14(16)3)18-8-6-5-7-17(18)21/h5-12H,4H2,1-3H3,(H,22,26). The minimum Gasteiger partial charge on any atom is -0.321 e. The maximum Gasteiger partial charge on any atom is 0.257 e. The Balaban J connectivity index is 1.95. The highest BCUT2D eigenvalue weighted by atomic mass is 19.1. The molecule has 3 aromatic rings. The van der Waals surface area contributed by atoms with E-state index in [1.807, 2.05) is 13.8 Å². The van der Waals surface area contributed by atoms with Crippen molar-refractivity contribution in [3.8, 4) is 5.69 Å². The zero-order valence-electron chi connectivity index (χ0n) is 14.9. The van der Waals surface area contributed by atoms with Crippen LogP contribution in [0.2, 0.25) is 0 Å². The molecule has 0 fully saturated rings. The molecule has 0 saturated carbocycles. The van der Waals surface area contributed by atoms with Gasteiger partial charge in [-0.05, 0) is 45.0 Å². The van der Waals surface area contributed by atoms with Gasteiger partial charge in [0.1, 0.15) is 5.82 Å². The number of aromatic nitrogens is 2. The Hall–Kier alpha value is -3.15. The molecule has 1 aromatic carbocycles. The van der Waals surface area contributed by atoms with Gasteiger partial charge in [0.15, 0.2) is 0 Å². The number of carbonyl (C=O) groups is 1. The van der Waals surface area contributed by atoms with Crippen LogP contribution >= 0.6 is 0 Å². The van der Waals surface area contributed by atoms with Crippen molar-refractivity contribution in [1.29, 1.82) is 0 Å². The first-order valence-corrected chi connectivity index (χ1v) is 8.38. The molecule has 5 nitrogen and oxygen atoms in total. The minimum absolute atomic E-state index is 0.122. The van der Waals surface area contributed by atoms with E-state index in [1.165, 1.54) is 16.7 Å². The second kappa shape index (κ2) is 7.00. The highest BCUT2D eigenvalue weighted by Crippen LogP contribution is 2.23. The summed E-state index contributed by atoms with van der Waals surface area (Å²) >= 11 is 0. The Labute approximate surface area is 150 Å². The summed E-state index contributed by atoms with van der Waals surface area (Å²) in [6.07, 6.45) is 1.61. The second-order valence-corrected chi connectivity index (χ2v) is 6.07. The van der Waals surface area contributed by atoms with Crippen LogP contribution in [0, 0.1) is 19.7 Å². The van der Waals surface area contributed by atoms with Gasteiger partial charge >= 0.3 is 0 Å². The normalized spacial score (nSPS) is 10.8. The summed E-state index contributed by atoms with van der Waals surface area (Å²) in [7, 11) is 0. The lowest BCUT2D eigenvalue weighted by atomic mass is 10.2. The van der Waals surface area contributed by atoms with Crippen LogP contribution in [0.4, 0.5) is 10.1 Å². The molecular formula is C20H20FN3O2. The SMILES string of the molecule is CCn1cc(NC(=O)c2cc(C)n(-c3ccccc3F)c2C)ccc1=O. The minimum atomic E-state index is -0.351. The van der Waals surface area contributed by atoms with E-state index in [0.717, 1.165) is 5.69 Å². The molecule has 2 aromatic heterocycles. The third-order valence-corrected chi connectivity index (χ3v) is 4.35. The number of carbonyl (C=O) groups excluding carboxylic acids is 1. The Morgan fingerprint density at radius 3 is 2.58 bits per heavy atom. The number of hydrogen-bond acceptors (Lipinski definition) is 2. The van der Waals surface area contributed by atoms with Gasteiger partial charge in [-0.15, -0.1) is 0 Å². The summed E-state index contributed by atoms with van der Waals surface area (Å²) < 4.78 is 17.4. The first-order chi connectivity index (χ1) is 12.4. The topological polar surface area (TPSA) is 56.0 Å². The molecule has 1 N–H and O–H groups in total. The van der Waals surface area contributed by atoms with E-state index in [-0.39, 0.29) is 17.3 Å². The van der Waals surface area contributed by atoms with E-state index in [9.17, 15) is 14.0 Å². The monoisotopic (exact) mass is 353 g/mol. The number of para-hydroxylation sites is 1. The molecule has 26 heavy (non-hydrogen) atoms. The van der Waals surface area contributed by atoms with Gasteiger partial charge in [0.2, 0.25) is 0 Å². The molecule has 6 heteroatoms. The fraction of sp³-hybridized carbons (Fsp3) is 0.200. The summed E-state index contributed by atoms with van der Waals surface area (Å²) in [5, 5.41) is 2.80. The maximum atomic E-state index is 14.2. The number of halogens is 1. The number of amides is 1. The first-order valence-electron chi connectivity index (χ1n) is 8.38. The van der Waals surface area contributed by atoms with Crippen LogP contribution in [-0.4, -0.2) is 15.0 Å². The lowest BCUT2D eigenvalue weighted by Gasteiger charge is -2.11. The molecule has 3 rings (SSSR count). The summed E-state index contributed by atoms with van der Waals surface area (Å²) in [6.45, 7) is 5.98. The van der Waals surface area contributed by atoms with Crippen molar-refractivity contribution in [1.82, 2.24) is 9.13 Å². The summed E-state index contributed by atoms with van der Waals surface area (Å²) in [5.74, 6) is -0.654. The fourth-order valence-corrected chi connectivity index (χ4v) is 3.05. The molecule has 0 radical (unpaired) electrons. The predicted octanol–water partition coefficient (Wildman–Crippen LogP) is 3.67. The molecule has 0 atom stereocenters. The number of nitrogens with one attached hydrogen (secondary N) is 1. The summed E-state index contributed by atoms with van der Waals surface area (Å²) in [5.41, 5.74) is 2.68. The lowest BCUT2D eigenvalue weighted by molar-refractivity contribution is 0.102. The number of hydrogen-bond donors (Lipinski definition) is 1. The van der Waals surface area contributed by atoms with Crippen molar-refractivity contribution < 1.29 is 9.18 Å². The van der Waals surface area contributed by atoms with Gasteiger partial charge in [0.05, 0.1) is 16.9 Å². The maximum absolute atomic E-state index is 14.2. The number of benzene rings is 1. The first kappa shape index (κ1) is 17.7. The number of pyridine rings is 1. The third-order valence-electron chi connectivity index (χ3n) is 4.35. The van der Waals surface area contributed by atoms with Crippen LogP contribution in [0.1, 0.15) is 28.7 Å². The number of anilines is 1. The van der Waals surface area contributed by atoms with E-state index in [0.29, 0.717) is 29.2 Å². The molecule has 0 bridgehead atoms. The highest BCUT2D eigenvalue weighted by Gasteiger charge is 2.18. The van der Waals surface area contributed by atoms with Crippen LogP contribution in [0.3, 0.4) is 0 Å². The van der Waals surface area contributed by atoms with E-state index in [2.05, 4.69) is 5.32 Å². The number of aryl methyl sites for hydroxylation is 2. The summed E-state index contributed by atoms with van der Waals surface area (Å²) in [6, 6.07) is 11.2. The van der Waals surface area contributed by atoms with E-state index < -0.39 is 0 Å². The van der Waals surface area contributed by atoms with Crippen molar-refractivity contribution in [3.63, 3.8) is 0 Å². The van der Waals surface area contributed by atoms with Crippen LogP contribution < -0.4 is 10.9 Å². The molecule has 0 aliphatic heterocycles. The van der Waals surface area contributed by atoms with Crippen molar-refractivity contribution in [2.24, 2.45) is 0 Å². The molecule has 0 aliphatic carbocycles. The van der Waals surface area contributed by atoms with Crippen molar-refractivity contribution in [3.05, 3.63) is 81.8 Å². The zero-order chi connectivity index (χ0) is 18.8. The molecule has 134 valence electrons. The molecule has 0 unspecified atom stereocenters. The molecule has 1 amide bonds. The number of nitrogens with zero attached hydrogens (tertiary/aromatic N) is 2. The fourth-order valence-electron chi connectivity index (χ4n) is 3.05. The van der Waals surface area contributed by atoms with Crippen molar-refractivity contribution in [2.75, 3.05) is 5.32 Å². The van der Waals surface area contributed by atoms with Crippen LogP contribution in [0.15, 0.2) is 53.5 Å². The largest absolute Gasteiger partial charge is 0.321 e. The van der Waals surface area contributed by atoms with E-state index >= 15 is 0 Å². The lowest BCUT2D eigenvalue weighted by Crippen LogP contribution is -2.20. The molecule has 0 spiro atoms. The summed E-state index contributed by atoms with van der Waals surface area (Å²) in [4.78, 5) is 24.4. The van der Waals surface area contributed by atoms with Gasteiger partial charge in [-0.3, -0.25) is 9.59 Å². The Morgan fingerprint density at radius 1 is 1.15 bits per heavy atom. The van der Waals surface area contributed by atoms with Crippen molar-refractivity contribution in [2.45, 2.75) is 27.3 Å². The molecule has 0 saturated heterocycles. The van der Waals surface area contributed by atoms with E-state index in [4.69, 9.17) is 0 Å². The van der Waals surface area contributed by atoms with Gasteiger partial charge in [0.25, 0.3) is 11.5 Å². The van der Waals surface area contributed by atoms with Crippen LogP contribution in [0.5, 0.6) is 0 Å². The quantitative estimate of drug-likeness (QED) is 0.778. The molecule has 2 heterocycles. The van der Waals surface area contributed by atoms with Gasteiger partial charge in [-0.1, -0.05) is 12.1 Å². The second-order valence-electron chi connectivity index (χ2n) is 6.07. The molecule has 0 aliphatic rings.